The van der Waals surface area contributed by atoms with Gasteiger partial charge in [0.05, 0.1) is 17.9 Å². The molecule has 15 nitrogen and oxygen atoms in total. The van der Waals surface area contributed by atoms with E-state index in [2.05, 4.69) is 40.9 Å². The van der Waals surface area contributed by atoms with E-state index in [-0.39, 0.29) is 66.8 Å². The summed E-state index contributed by atoms with van der Waals surface area (Å²) in [5.74, 6) is -3.10. The molecule has 0 saturated carbocycles. The molecule has 2 amide bonds. The zero-order valence-corrected chi connectivity index (χ0v) is 27.3. The number of imidazole rings is 1. The van der Waals surface area contributed by atoms with Crippen LogP contribution in [-0.2, 0) is 11.2 Å². The average Bonchev–Trinajstić information content (AvgIpc) is 3.53. The molecular weight excluding hydrogens is 650 g/mol. The normalized spacial score (nSPS) is 11.5. The highest BCUT2D eigenvalue weighted by Gasteiger charge is 2.21. The molecule has 50 heavy (non-hydrogen) atoms. The standard InChI is InChI=1S/C33H36F2N12O3/c1-3-19-16-20(4-5-21(19)30(48)40-12-13-41-31(49)23(36)9-11-42-32(37)38)46-28-29-44-17-24(47(29)15-14-39-28)22-6-7-25(27(35)26(22)34)50-33-43-10-8-18(2)45-33/h4-8,10,14-17,23H,3,9,11-13,36H2,1-2H3,(H,39,46)(H,40,48)(H,41,49)(H4,37,38,42)/t23-/m0/s1. The Hall–Kier alpha value is -6.23. The number of aromatic nitrogens is 5. The molecule has 0 saturated heterocycles. The molecule has 0 spiro atoms. The van der Waals surface area contributed by atoms with Crippen LogP contribution in [0, 0.1) is 18.6 Å². The van der Waals surface area contributed by atoms with Gasteiger partial charge in [-0.1, -0.05) is 6.92 Å². The number of fused-ring (bicyclic) bond motifs is 1. The van der Waals surface area contributed by atoms with Gasteiger partial charge in [0.25, 0.3) is 5.91 Å². The van der Waals surface area contributed by atoms with Crippen molar-refractivity contribution in [3.05, 3.63) is 89.6 Å². The summed E-state index contributed by atoms with van der Waals surface area (Å²) in [5, 5.41) is 8.68. The van der Waals surface area contributed by atoms with E-state index < -0.39 is 17.7 Å². The van der Waals surface area contributed by atoms with Crippen LogP contribution >= 0.6 is 0 Å². The molecule has 5 aromatic rings. The Morgan fingerprint density at radius 2 is 1.82 bits per heavy atom. The number of nitrogens with one attached hydrogen (secondary N) is 3. The maximum Gasteiger partial charge on any atom is 0.322 e. The first kappa shape index (κ1) is 35.1. The Kier molecular flexibility index (Phi) is 11.1. The van der Waals surface area contributed by atoms with Gasteiger partial charge in [0.15, 0.2) is 29.0 Å². The fourth-order valence-corrected chi connectivity index (χ4v) is 4.96. The van der Waals surface area contributed by atoms with Crippen LogP contribution in [0.15, 0.2) is 66.2 Å². The van der Waals surface area contributed by atoms with Crippen LogP contribution < -0.4 is 37.9 Å². The number of ether oxygens (including phenoxy) is 1. The second-order valence-electron chi connectivity index (χ2n) is 11.0. The van der Waals surface area contributed by atoms with Gasteiger partial charge in [-0.25, -0.2) is 24.3 Å². The van der Waals surface area contributed by atoms with Crippen molar-refractivity contribution in [3.63, 3.8) is 0 Å². The summed E-state index contributed by atoms with van der Waals surface area (Å²) in [6, 6.07) is 8.65. The lowest BCUT2D eigenvalue weighted by atomic mass is 10.0. The minimum Gasteiger partial charge on any atom is -0.421 e. The number of rotatable bonds is 14. The molecule has 0 aliphatic heterocycles. The maximum atomic E-state index is 15.4. The summed E-state index contributed by atoms with van der Waals surface area (Å²) >= 11 is 0. The lowest BCUT2D eigenvalue weighted by Gasteiger charge is -2.14. The maximum absolute atomic E-state index is 15.4. The van der Waals surface area contributed by atoms with E-state index >= 15 is 8.78 Å². The topological polar surface area (TPSA) is 226 Å². The Balaban J connectivity index is 1.25. The van der Waals surface area contributed by atoms with Gasteiger partial charge in [0.1, 0.15) is 0 Å². The molecule has 5 rings (SSSR count). The fraction of sp³-hybridized carbons (Fsp3) is 0.242. The molecule has 2 aromatic carbocycles. The summed E-state index contributed by atoms with van der Waals surface area (Å²) in [4.78, 5) is 45.7. The summed E-state index contributed by atoms with van der Waals surface area (Å²) in [6.07, 6.45) is 6.77. The van der Waals surface area contributed by atoms with Crippen LogP contribution in [0.1, 0.15) is 35.0 Å². The Morgan fingerprint density at radius 1 is 1.02 bits per heavy atom. The molecule has 0 aliphatic carbocycles. The summed E-state index contributed by atoms with van der Waals surface area (Å²) in [6.45, 7) is 4.23. The molecular formula is C33H36F2N12O3. The van der Waals surface area contributed by atoms with Crippen molar-refractivity contribution in [1.29, 1.82) is 0 Å². The van der Waals surface area contributed by atoms with E-state index in [0.717, 1.165) is 5.56 Å². The van der Waals surface area contributed by atoms with Gasteiger partial charge in [0.2, 0.25) is 11.7 Å². The van der Waals surface area contributed by atoms with Gasteiger partial charge in [-0.15, -0.1) is 0 Å². The van der Waals surface area contributed by atoms with E-state index in [0.29, 0.717) is 34.8 Å². The third kappa shape index (κ3) is 8.24. The first-order valence-electron chi connectivity index (χ1n) is 15.6. The highest BCUT2D eigenvalue weighted by molar-refractivity contribution is 5.96. The summed E-state index contributed by atoms with van der Waals surface area (Å²) in [5.41, 5.74) is 19.4. The number of amides is 2. The molecule has 1 atom stereocenters. The molecule has 3 heterocycles. The van der Waals surface area contributed by atoms with E-state index in [1.165, 1.54) is 30.7 Å². The summed E-state index contributed by atoms with van der Waals surface area (Å²) < 4.78 is 37.4. The van der Waals surface area contributed by atoms with Crippen LogP contribution in [0.3, 0.4) is 0 Å². The molecule has 3 aromatic heterocycles. The largest absolute Gasteiger partial charge is 0.421 e. The van der Waals surface area contributed by atoms with Gasteiger partial charge in [-0.3, -0.25) is 19.0 Å². The number of halogens is 2. The number of hydrogen-bond donors (Lipinski definition) is 6. The predicted octanol–water partition coefficient (Wildman–Crippen LogP) is 2.71. The van der Waals surface area contributed by atoms with Crippen molar-refractivity contribution in [1.82, 2.24) is 35.0 Å². The fourth-order valence-electron chi connectivity index (χ4n) is 4.96. The Labute approximate surface area is 285 Å². The van der Waals surface area contributed by atoms with E-state index in [4.69, 9.17) is 21.9 Å². The third-order valence-electron chi connectivity index (χ3n) is 7.50. The van der Waals surface area contributed by atoms with Gasteiger partial charge >= 0.3 is 6.01 Å². The number of nitrogens with zero attached hydrogens (tertiary/aromatic N) is 6. The van der Waals surface area contributed by atoms with Crippen molar-refractivity contribution in [3.8, 4) is 23.0 Å². The second kappa shape index (κ2) is 15.8. The van der Waals surface area contributed by atoms with Crippen LogP contribution in [0.5, 0.6) is 11.8 Å². The van der Waals surface area contributed by atoms with Crippen molar-refractivity contribution in [2.24, 2.45) is 22.2 Å². The molecule has 9 N–H and O–H groups in total. The number of carbonyl (C=O) groups excluding carboxylic acids is 2. The Bertz CT molecular complexity index is 2050. The lowest BCUT2D eigenvalue weighted by molar-refractivity contribution is -0.122. The average molecular weight is 687 g/mol. The number of anilines is 2. The van der Waals surface area contributed by atoms with Crippen molar-refractivity contribution < 1.29 is 23.1 Å². The monoisotopic (exact) mass is 686 g/mol. The molecule has 17 heteroatoms. The first-order chi connectivity index (χ1) is 24.0. The quantitative estimate of drug-likeness (QED) is 0.0566. The number of nitrogens with two attached hydrogens (primary N) is 3. The van der Waals surface area contributed by atoms with Crippen LogP contribution in [0.25, 0.3) is 16.9 Å². The molecule has 260 valence electrons. The zero-order chi connectivity index (χ0) is 35.8. The minimum atomic E-state index is -1.20. The van der Waals surface area contributed by atoms with Crippen LogP contribution in [0.4, 0.5) is 20.3 Å². The number of carbonyl (C=O) groups is 2. The van der Waals surface area contributed by atoms with E-state index in [9.17, 15) is 9.59 Å². The number of aliphatic imine (C=N–C) groups is 1. The van der Waals surface area contributed by atoms with Crippen molar-refractivity contribution >= 4 is 34.9 Å². The van der Waals surface area contributed by atoms with Gasteiger partial charge < -0.3 is 37.9 Å². The van der Waals surface area contributed by atoms with Crippen LogP contribution in [0.2, 0.25) is 0 Å². The minimum absolute atomic E-state index is 0.0430. The predicted molar refractivity (Wildman–Crippen MR) is 183 cm³/mol. The van der Waals surface area contributed by atoms with Crippen molar-refractivity contribution in [2.75, 3.05) is 25.0 Å². The molecule has 0 aliphatic rings. The molecule has 0 bridgehead atoms. The molecule has 0 fully saturated rings. The zero-order valence-electron chi connectivity index (χ0n) is 27.3. The third-order valence-corrected chi connectivity index (χ3v) is 7.50. The number of guanidine groups is 1. The van der Waals surface area contributed by atoms with E-state index in [1.54, 1.807) is 35.7 Å². The lowest BCUT2D eigenvalue weighted by Crippen LogP contribution is -2.44. The Morgan fingerprint density at radius 3 is 2.58 bits per heavy atom. The van der Waals surface area contributed by atoms with Gasteiger partial charge in [-0.2, -0.15) is 4.39 Å². The van der Waals surface area contributed by atoms with E-state index in [1.807, 2.05) is 13.0 Å². The smallest absolute Gasteiger partial charge is 0.322 e. The van der Waals surface area contributed by atoms with Crippen molar-refractivity contribution in [2.45, 2.75) is 32.7 Å². The van der Waals surface area contributed by atoms with Gasteiger partial charge in [0, 0.05) is 60.7 Å². The number of aryl methyl sites for hydroxylation is 2. The second-order valence-corrected chi connectivity index (χ2v) is 11.0. The molecule has 0 unspecified atom stereocenters. The summed E-state index contributed by atoms with van der Waals surface area (Å²) in [7, 11) is 0. The van der Waals surface area contributed by atoms with Gasteiger partial charge in [-0.05, 0) is 61.7 Å². The first-order valence-corrected chi connectivity index (χ1v) is 15.6. The molecule has 0 radical (unpaired) electrons. The SMILES string of the molecule is CCc1cc(Nc2nccn3c(-c4ccc(Oc5nccc(C)n5)c(F)c4F)cnc23)ccc1C(=O)NCCNC(=O)[C@@H](N)CCN=C(N)N. The van der Waals surface area contributed by atoms with Crippen LogP contribution in [-0.4, -0.2) is 67.8 Å². The highest BCUT2D eigenvalue weighted by atomic mass is 19.2. The number of benzene rings is 2. The number of hydrogen-bond acceptors (Lipinski definition) is 10. The highest BCUT2D eigenvalue weighted by Crippen LogP contribution is 2.33.